The van der Waals surface area contributed by atoms with E-state index in [2.05, 4.69) is 9.98 Å². The van der Waals surface area contributed by atoms with Gasteiger partial charge in [0.25, 0.3) is 0 Å². The molecule has 4 nitrogen and oxygen atoms in total. The first-order valence-electron chi connectivity index (χ1n) is 9.31. The largest absolute Gasteiger partial charge is 0.477 e. The summed E-state index contributed by atoms with van der Waals surface area (Å²) in [6.07, 6.45) is 5.76. The Morgan fingerprint density at radius 3 is 2.20 bits per heavy atom. The van der Waals surface area contributed by atoms with Crippen LogP contribution in [0.1, 0.15) is 31.9 Å². The predicted molar refractivity (Wildman–Crippen MR) is 119 cm³/mol. The molecule has 158 valence electrons. The normalized spacial score (nSPS) is 12.5. The zero-order valence-corrected chi connectivity index (χ0v) is 17.6. The number of benzene rings is 2. The first-order valence-corrected chi connectivity index (χ1v) is 9.31. The summed E-state index contributed by atoms with van der Waals surface area (Å²) in [6, 6.07) is 12.6. The Labute approximate surface area is 176 Å². The summed E-state index contributed by atoms with van der Waals surface area (Å²) in [5.41, 5.74) is 3.40. The van der Waals surface area contributed by atoms with E-state index < -0.39 is 5.97 Å². The molecule has 0 saturated heterocycles. The lowest BCUT2D eigenvalue weighted by molar-refractivity contribution is -0.129. The number of halogens is 2. The van der Waals surface area contributed by atoms with Crippen molar-refractivity contribution in [3.05, 3.63) is 89.5 Å². The second kappa shape index (κ2) is 12.9. The molecule has 2 rings (SSSR count). The van der Waals surface area contributed by atoms with Crippen molar-refractivity contribution in [2.24, 2.45) is 9.98 Å². The molecular weight excluding hydrogens is 386 g/mol. The van der Waals surface area contributed by atoms with Gasteiger partial charge in [0, 0.05) is 7.05 Å². The number of allylic oxidation sites excluding steroid dienone is 3. The smallest absolute Gasteiger partial charge is 0.349 e. The number of hydrogen-bond donors (Lipinski definition) is 1. The Morgan fingerprint density at radius 2 is 1.70 bits per heavy atom. The van der Waals surface area contributed by atoms with Crippen LogP contribution in [0.3, 0.4) is 0 Å². The van der Waals surface area contributed by atoms with E-state index in [-0.39, 0.29) is 17.3 Å². The molecule has 0 bridgehead atoms. The van der Waals surface area contributed by atoms with Crippen LogP contribution in [0, 0.1) is 11.6 Å². The summed E-state index contributed by atoms with van der Waals surface area (Å²) in [5, 5.41) is 8.05. The number of carboxylic acid groups (broad SMARTS) is 1. The third kappa shape index (κ3) is 8.73. The molecule has 6 heteroatoms. The number of hydrogen-bond acceptors (Lipinski definition) is 3. The monoisotopic (exact) mass is 412 g/mol. The highest BCUT2D eigenvalue weighted by molar-refractivity contribution is 6.34. The van der Waals surface area contributed by atoms with Crippen molar-refractivity contribution in [1.29, 1.82) is 0 Å². The molecule has 0 amide bonds. The average molecular weight is 412 g/mol. The Balaban J connectivity index is 0.000000553. The molecule has 0 fully saturated rings. The molecule has 0 spiro atoms. The maximum atomic E-state index is 13.4. The lowest BCUT2D eigenvalue weighted by Gasteiger charge is -2.06. The summed E-state index contributed by atoms with van der Waals surface area (Å²) < 4.78 is 26.5. The number of carboxylic acids is 1. The van der Waals surface area contributed by atoms with E-state index in [1.54, 1.807) is 18.2 Å². The van der Waals surface area contributed by atoms with Crippen LogP contribution in [0.15, 0.2) is 76.7 Å². The molecule has 30 heavy (non-hydrogen) atoms. The standard InChI is InChI=1S/C20H19F2N.C4H7NO2/c1-3-4-12-23-20(16-8-10-18(21)11-9-16)13-15(2)17-6-5-7-19(22)14-17;1-3(5-2)4(6)7/h3-11,13-14H,12H2,1-2H3;1-2H3,(H,6,7)/b4-3-,15-13+,23-20?;. The summed E-state index contributed by atoms with van der Waals surface area (Å²) in [4.78, 5) is 17.7. The summed E-state index contributed by atoms with van der Waals surface area (Å²) in [6.45, 7) is 5.82. The van der Waals surface area contributed by atoms with E-state index in [1.807, 2.05) is 38.1 Å². The molecule has 0 saturated carbocycles. The van der Waals surface area contributed by atoms with Crippen LogP contribution in [0.25, 0.3) is 5.57 Å². The summed E-state index contributed by atoms with van der Waals surface area (Å²) in [7, 11) is 1.45. The zero-order valence-electron chi connectivity index (χ0n) is 17.6. The van der Waals surface area contributed by atoms with Gasteiger partial charge in [0.05, 0.1) is 12.3 Å². The molecule has 0 atom stereocenters. The average Bonchev–Trinajstić information content (AvgIpc) is 2.73. The van der Waals surface area contributed by atoms with Crippen molar-refractivity contribution in [3.8, 4) is 0 Å². The Morgan fingerprint density at radius 1 is 1.03 bits per heavy atom. The van der Waals surface area contributed by atoms with E-state index >= 15 is 0 Å². The van der Waals surface area contributed by atoms with Crippen molar-refractivity contribution >= 4 is 23.0 Å². The Kier molecular flexibility index (Phi) is 10.6. The maximum absolute atomic E-state index is 13.4. The van der Waals surface area contributed by atoms with Gasteiger partial charge in [-0.2, -0.15) is 0 Å². The van der Waals surface area contributed by atoms with E-state index in [9.17, 15) is 13.6 Å². The quantitative estimate of drug-likeness (QED) is 0.496. The van der Waals surface area contributed by atoms with Gasteiger partial charge in [-0.1, -0.05) is 24.3 Å². The van der Waals surface area contributed by atoms with Gasteiger partial charge in [-0.3, -0.25) is 9.98 Å². The molecule has 0 aromatic heterocycles. The van der Waals surface area contributed by atoms with E-state index in [0.29, 0.717) is 6.54 Å². The second-order valence-corrected chi connectivity index (χ2v) is 6.25. The number of carbonyl (C=O) groups is 1. The minimum absolute atomic E-state index is 0.139. The minimum atomic E-state index is -0.956. The minimum Gasteiger partial charge on any atom is -0.477 e. The first-order chi connectivity index (χ1) is 14.3. The van der Waals surface area contributed by atoms with Crippen molar-refractivity contribution in [1.82, 2.24) is 0 Å². The molecule has 0 aliphatic heterocycles. The molecule has 0 aliphatic rings. The van der Waals surface area contributed by atoms with Crippen LogP contribution in [0.2, 0.25) is 0 Å². The molecule has 2 aromatic rings. The maximum Gasteiger partial charge on any atom is 0.349 e. The van der Waals surface area contributed by atoms with Crippen molar-refractivity contribution in [3.63, 3.8) is 0 Å². The van der Waals surface area contributed by atoms with Crippen molar-refractivity contribution in [2.45, 2.75) is 20.8 Å². The van der Waals surface area contributed by atoms with Crippen LogP contribution < -0.4 is 0 Å². The van der Waals surface area contributed by atoms with Gasteiger partial charge < -0.3 is 5.11 Å². The second-order valence-electron chi connectivity index (χ2n) is 6.25. The third-order valence-electron chi connectivity index (χ3n) is 4.02. The van der Waals surface area contributed by atoms with E-state index in [0.717, 1.165) is 22.4 Å². The van der Waals surface area contributed by atoms with Gasteiger partial charge in [-0.25, -0.2) is 13.6 Å². The molecule has 0 unspecified atom stereocenters. The van der Waals surface area contributed by atoms with Crippen LogP contribution in [-0.2, 0) is 4.79 Å². The number of aliphatic imine (C=N–C) groups is 2. The fraction of sp³-hybridized carbons (Fsp3) is 0.208. The van der Waals surface area contributed by atoms with Crippen molar-refractivity contribution < 1.29 is 18.7 Å². The SMILES string of the molecule is C/C=C\CN=C(/C=C(\C)c1cccc(F)c1)c1ccc(F)cc1.CN=C(C)C(=O)O. The van der Waals surface area contributed by atoms with Gasteiger partial charge in [0.1, 0.15) is 17.3 Å². The molecular formula is C24H26F2N2O2. The van der Waals surface area contributed by atoms with Crippen LogP contribution in [-0.4, -0.2) is 36.1 Å². The highest BCUT2D eigenvalue weighted by Crippen LogP contribution is 2.17. The fourth-order valence-electron chi connectivity index (χ4n) is 2.22. The van der Waals surface area contributed by atoms with Gasteiger partial charge in [-0.05, 0) is 79.9 Å². The summed E-state index contributed by atoms with van der Waals surface area (Å²) in [5.74, 6) is -1.51. The highest BCUT2D eigenvalue weighted by Gasteiger charge is 2.04. The van der Waals surface area contributed by atoms with Crippen LogP contribution in [0.4, 0.5) is 8.78 Å². The van der Waals surface area contributed by atoms with Gasteiger partial charge in [0.2, 0.25) is 0 Å². The lowest BCUT2D eigenvalue weighted by Crippen LogP contribution is -2.06. The van der Waals surface area contributed by atoms with E-state index in [1.165, 1.54) is 38.2 Å². The van der Waals surface area contributed by atoms with Crippen LogP contribution >= 0.6 is 0 Å². The Hall–Kier alpha value is -3.41. The van der Waals surface area contributed by atoms with Crippen molar-refractivity contribution in [2.75, 3.05) is 13.6 Å². The molecule has 1 N–H and O–H groups in total. The van der Waals surface area contributed by atoms with Gasteiger partial charge in [0.15, 0.2) is 0 Å². The Bertz CT molecular complexity index is 959. The molecule has 0 aliphatic carbocycles. The summed E-state index contributed by atoms with van der Waals surface area (Å²) >= 11 is 0. The molecule has 0 heterocycles. The topological polar surface area (TPSA) is 62.0 Å². The zero-order chi connectivity index (χ0) is 22.5. The lowest BCUT2D eigenvalue weighted by atomic mass is 10.0. The molecule has 2 aromatic carbocycles. The fourth-order valence-corrected chi connectivity index (χ4v) is 2.22. The third-order valence-corrected chi connectivity index (χ3v) is 4.02. The predicted octanol–water partition coefficient (Wildman–Crippen LogP) is 5.60. The van der Waals surface area contributed by atoms with E-state index in [4.69, 9.17) is 5.11 Å². The van der Waals surface area contributed by atoms with Gasteiger partial charge >= 0.3 is 5.97 Å². The number of nitrogens with zero attached hydrogens (tertiary/aromatic N) is 2. The first kappa shape index (κ1) is 24.6. The highest BCUT2D eigenvalue weighted by atomic mass is 19.1. The number of rotatable bonds is 6. The number of aliphatic carboxylic acids is 1. The van der Waals surface area contributed by atoms with Gasteiger partial charge in [-0.15, -0.1) is 0 Å². The van der Waals surface area contributed by atoms with Crippen LogP contribution in [0.5, 0.6) is 0 Å². The molecule has 0 radical (unpaired) electrons.